The van der Waals surface area contributed by atoms with Crippen LogP contribution >= 0.6 is 11.6 Å². The van der Waals surface area contributed by atoms with Gasteiger partial charge in [0.2, 0.25) is 5.91 Å². The van der Waals surface area contributed by atoms with Gasteiger partial charge in [-0.2, -0.15) is 5.10 Å². The fourth-order valence-electron chi connectivity index (χ4n) is 5.61. The van der Waals surface area contributed by atoms with E-state index in [0.29, 0.717) is 28.9 Å². The summed E-state index contributed by atoms with van der Waals surface area (Å²) in [5.41, 5.74) is 1.45. The Morgan fingerprint density at radius 3 is 2.66 bits per heavy atom. The second kappa shape index (κ2) is 8.85. The van der Waals surface area contributed by atoms with Gasteiger partial charge in [0.15, 0.2) is 0 Å². The first-order valence-electron chi connectivity index (χ1n) is 11.4. The van der Waals surface area contributed by atoms with Crippen molar-refractivity contribution in [1.29, 1.82) is 0 Å². The maximum absolute atomic E-state index is 12.8. The van der Waals surface area contributed by atoms with Gasteiger partial charge >= 0.3 is 0 Å². The third-order valence-electron chi connectivity index (χ3n) is 7.83. The number of nitrogens with zero attached hydrogens (tertiary/aromatic N) is 3. The van der Waals surface area contributed by atoms with Crippen molar-refractivity contribution in [3.63, 3.8) is 0 Å². The largest absolute Gasteiger partial charge is 0.379 e. The Labute approximate surface area is 194 Å². The third-order valence-corrected chi connectivity index (χ3v) is 8.19. The van der Waals surface area contributed by atoms with Gasteiger partial charge in [-0.25, -0.2) is 4.68 Å². The van der Waals surface area contributed by atoms with Crippen LogP contribution in [0.15, 0.2) is 35.5 Å². The zero-order valence-corrected chi connectivity index (χ0v) is 19.9. The molecule has 0 spiro atoms. The van der Waals surface area contributed by atoms with Crippen LogP contribution in [0.3, 0.4) is 0 Å². The zero-order valence-electron chi connectivity index (χ0n) is 19.1. The third kappa shape index (κ3) is 4.15. The minimum absolute atomic E-state index is 0.0830. The van der Waals surface area contributed by atoms with E-state index in [1.807, 2.05) is 19.1 Å². The van der Waals surface area contributed by atoms with E-state index in [-0.39, 0.29) is 29.6 Å². The molecule has 32 heavy (non-hydrogen) atoms. The maximum Gasteiger partial charge on any atom is 0.288 e. The molecule has 3 saturated carbocycles. The first-order valence-corrected chi connectivity index (χ1v) is 11.8. The summed E-state index contributed by atoms with van der Waals surface area (Å²) in [5.74, 6) is 1.59. The standard InChI is InChI=1S/C24H32ClN5O2/c1-5-18(15-6-8-26-9-7-15)29-21(31)13-30-23(32)22(25)20(12-27-30)28-19-11-16-10-17(14(19)2)24(16,3)4/h6-9,12,14,16-19,28H,5,10-11,13H2,1-4H3,(H,29,31)/t14-,16-,17+,18?,19-/m1/s1. The van der Waals surface area contributed by atoms with Crippen LogP contribution in [-0.4, -0.2) is 26.7 Å². The number of hydrogen-bond acceptors (Lipinski definition) is 5. The Bertz CT molecular complexity index is 1040. The van der Waals surface area contributed by atoms with Crippen molar-refractivity contribution >= 4 is 23.2 Å². The van der Waals surface area contributed by atoms with Gasteiger partial charge in [0.05, 0.1) is 17.9 Å². The number of hydrogen-bond donors (Lipinski definition) is 2. The van der Waals surface area contributed by atoms with Gasteiger partial charge in [0.1, 0.15) is 11.6 Å². The topological polar surface area (TPSA) is 88.9 Å². The highest BCUT2D eigenvalue weighted by atomic mass is 35.5. The fraction of sp³-hybridized carbons (Fsp3) is 0.583. The molecule has 8 heteroatoms. The summed E-state index contributed by atoms with van der Waals surface area (Å²) in [7, 11) is 0. The zero-order chi connectivity index (χ0) is 23.0. The van der Waals surface area contributed by atoms with Gasteiger partial charge < -0.3 is 10.6 Å². The van der Waals surface area contributed by atoms with E-state index in [1.54, 1.807) is 18.6 Å². The summed E-state index contributed by atoms with van der Waals surface area (Å²) in [6.45, 7) is 8.80. The summed E-state index contributed by atoms with van der Waals surface area (Å²) >= 11 is 6.41. The number of anilines is 1. The van der Waals surface area contributed by atoms with Crippen LogP contribution in [0.1, 0.15) is 58.6 Å². The molecule has 2 aromatic rings. The molecule has 7 nitrogen and oxygen atoms in total. The van der Waals surface area contributed by atoms with E-state index in [1.165, 1.54) is 6.42 Å². The first kappa shape index (κ1) is 22.8. The molecule has 3 fully saturated rings. The fourth-order valence-corrected chi connectivity index (χ4v) is 5.81. The number of pyridine rings is 1. The molecule has 2 heterocycles. The maximum atomic E-state index is 12.8. The summed E-state index contributed by atoms with van der Waals surface area (Å²) < 4.78 is 1.12. The number of nitrogens with one attached hydrogen (secondary N) is 2. The lowest BCUT2D eigenvalue weighted by Gasteiger charge is -2.62. The highest BCUT2D eigenvalue weighted by molar-refractivity contribution is 6.32. The summed E-state index contributed by atoms with van der Waals surface area (Å²) in [6.07, 6.45) is 8.03. The number of aromatic nitrogens is 3. The highest BCUT2D eigenvalue weighted by Gasteiger charge is 2.56. The molecule has 0 saturated heterocycles. The Hall–Kier alpha value is -2.41. The van der Waals surface area contributed by atoms with Gasteiger partial charge in [0.25, 0.3) is 5.56 Å². The Morgan fingerprint density at radius 1 is 1.31 bits per heavy atom. The van der Waals surface area contributed by atoms with Crippen molar-refractivity contribution in [2.45, 2.75) is 65.6 Å². The van der Waals surface area contributed by atoms with Crippen LogP contribution in [0.4, 0.5) is 5.69 Å². The van der Waals surface area contributed by atoms with Crippen LogP contribution in [0, 0.1) is 23.2 Å². The number of halogens is 1. The van der Waals surface area contributed by atoms with Gasteiger partial charge in [0, 0.05) is 18.4 Å². The van der Waals surface area contributed by atoms with E-state index < -0.39 is 5.56 Å². The number of rotatable bonds is 7. The monoisotopic (exact) mass is 457 g/mol. The molecular formula is C24H32ClN5O2. The molecular weight excluding hydrogens is 426 g/mol. The second-order valence-electron chi connectivity index (χ2n) is 9.85. The number of fused-ring (bicyclic) bond motifs is 2. The van der Waals surface area contributed by atoms with E-state index in [4.69, 9.17) is 11.6 Å². The minimum atomic E-state index is -0.460. The van der Waals surface area contributed by atoms with Crippen LogP contribution in [0.2, 0.25) is 5.02 Å². The van der Waals surface area contributed by atoms with Gasteiger partial charge in [-0.3, -0.25) is 14.6 Å². The molecule has 1 amide bonds. The minimum Gasteiger partial charge on any atom is -0.379 e. The highest BCUT2D eigenvalue weighted by Crippen LogP contribution is 2.61. The second-order valence-corrected chi connectivity index (χ2v) is 10.2. The van der Waals surface area contributed by atoms with Crippen molar-refractivity contribution in [2.75, 3.05) is 5.32 Å². The Kier molecular flexibility index (Phi) is 6.30. The molecule has 3 aliphatic rings. The summed E-state index contributed by atoms with van der Waals surface area (Å²) in [4.78, 5) is 29.4. The summed E-state index contributed by atoms with van der Waals surface area (Å²) in [5, 5.41) is 10.7. The molecule has 0 aromatic carbocycles. The molecule has 5 atom stereocenters. The smallest absolute Gasteiger partial charge is 0.288 e. The molecule has 1 unspecified atom stereocenters. The molecule has 172 valence electrons. The van der Waals surface area contributed by atoms with E-state index >= 15 is 0 Å². The SMILES string of the molecule is CCC(NC(=O)Cn1ncc(N[C@@H]2C[C@H]3C[C@@H]([C@H]2C)C3(C)C)c(Cl)c1=O)c1ccncc1. The average molecular weight is 458 g/mol. The number of carbonyl (C=O) groups excluding carboxylic acids is 1. The Morgan fingerprint density at radius 2 is 2.03 bits per heavy atom. The van der Waals surface area contributed by atoms with Crippen LogP contribution in [-0.2, 0) is 11.3 Å². The lowest BCUT2D eigenvalue weighted by molar-refractivity contribution is -0.122. The van der Waals surface area contributed by atoms with E-state index in [9.17, 15) is 9.59 Å². The first-order chi connectivity index (χ1) is 15.2. The molecule has 0 aliphatic heterocycles. The van der Waals surface area contributed by atoms with Crippen molar-refractivity contribution in [1.82, 2.24) is 20.1 Å². The predicted octanol–water partition coefficient (Wildman–Crippen LogP) is 4.04. The van der Waals surface area contributed by atoms with E-state index in [2.05, 4.69) is 41.5 Å². The van der Waals surface area contributed by atoms with Gasteiger partial charge in [-0.05, 0) is 60.1 Å². The molecule has 2 bridgehead atoms. The summed E-state index contributed by atoms with van der Waals surface area (Å²) in [6, 6.07) is 3.86. The molecule has 3 aliphatic carbocycles. The van der Waals surface area contributed by atoms with Crippen LogP contribution in [0.25, 0.3) is 0 Å². The number of amides is 1. The Balaban J connectivity index is 1.42. The van der Waals surface area contributed by atoms with Crippen molar-refractivity contribution in [3.8, 4) is 0 Å². The van der Waals surface area contributed by atoms with Crippen LogP contribution < -0.4 is 16.2 Å². The average Bonchev–Trinajstić information content (AvgIpc) is 2.78. The van der Waals surface area contributed by atoms with Crippen molar-refractivity contribution in [3.05, 3.63) is 51.7 Å². The molecule has 0 radical (unpaired) electrons. The lowest BCUT2D eigenvalue weighted by Crippen LogP contribution is -2.58. The molecule has 2 aromatic heterocycles. The predicted molar refractivity (Wildman–Crippen MR) is 125 cm³/mol. The normalized spacial score (nSPS) is 26.7. The van der Waals surface area contributed by atoms with Crippen LogP contribution in [0.5, 0.6) is 0 Å². The van der Waals surface area contributed by atoms with Gasteiger partial charge in [-0.15, -0.1) is 0 Å². The van der Waals surface area contributed by atoms with Crippen molar-refractivity contribution in [2.24, 2.45) is 23.2 Å². The quantitative estimate of drug-likeness (QED) is 0.654. The molecule has 2 N–H and O–H groups in total. The van der Waals surface area contributed by atoms with E-state index in [0.717, 1.165) is 23.1 Å². The van der Waals surface area contributed by atoms with Gasteiger partial charge in [-0.1, -0.05) is 39.3 Å². The van der Waals surface area contributed by atoms with Crippen molar-refractivity contribution < 1.29 is 4.79 Å². The lowest BCUT2D eigenvalue weighted by atomic mass is 9.45. The molecule has 5 rings (SSSR count). The number of carbonyl (C=O) groups is 1.